The molecule has 1 aliphatic heterocycles. The Bertz CT molecular complexity index is 108. The maximum absolute atomic E-state index is 9.06. The molecular formula is C6H13NO3. The van der Waals surface area contributed by atoms with Gasteiger partial charge in [-0.3, -0.25) is 0 Å². The fourth-order valence-electron chi connectivity index (χ4n) is 1.11. The van der Waals surface area contributed by atoms with E-state index in [9.17, 15) is 0 Å². The zero-order valence-corrected chi connectivity index (χ0v) is 5.90. The van der Waals surface area contributed by atoms with Crippen LogP contribution in [0.15, 0.2) is 0 Å². The maximum Gasteiger partial charge on any atom is 0.182 e. The third-order valence-electron chi connectivity index (χ3n) is 1.71. The third kappa shape index (κ3) is 1.46. The molecule has 0 aliphatic carbocycles. The summed E-state index contributed by atoms with van der Waals surface area (Å²) in [5.41, 5.74) is 5.47. The molecule has 0 aromatic rings. The van der Waals surface area contributed by atoms with Crippen molar-refractivity contribution in [1.29, 1.82) is 0 Å². The minimum Gasteiger partial charge on any atom is -0.386 e. The van der Waals surface area contributed by atoms with E-state index < -0.39 is 12.4 Å². The van der Waals surface area contributed by atoms with Crippen LogP contribution in [0.25, 0.3) is 0 Å². The van der Waals surface area contributed by atoms with Crippen LogP contribution in [-0.4, -0.2) is 34.8 Å². The van der Waals surface area contributed by atoms with Crippen molar-refractivity contribution in [2.24, 2.45) is 5.73 Å². The van der Waals surface area contributed by atoms with E-state index in [0.29, 0.717) is 6.42 Å². The van der Waals surface area contributed by atoms with Gasteiger partial charge in [-0.2, -0.15) is 0 Å². The lowest BCUT2D eigenvalue weighted by molar-refractivity contribution is -0.216. The molecule has 4 atom stereocenters. The van der Waals surface area contributed by atoms with Gasteiger partial charge < -0.3 is 20.7 Å². The number of aliphatic hydroxyl groups is 2. The molecular weight excluding hydrogens is 134 g/mol. The Balaban J connectivity index is 2.49. The standard InChI is InChI=1S/C6H13NO3/c1-3-2-4(7)5(8)6(9)10-3/h3-6,8-9H,2,7H2,1H3/t3?,4-,5?,6-/m0/s1. The second kappa shape index (κ2) is 2.84. The topological polar surface area (TPSA) is 75.7 Å². The van der Waals surface area contributed by atoms with Gasteiger partial charge in [0.05, 0.1) is 6.10 Å². The molecule has 0 aromatic heterocycles. The van der Waals surface area contributed by atoms with E-state index >= 15 is 0 Å². The van der Waals surface area contributed by atoms with Crippen LogP contribution >= 0.6 is 0 Å². The Labute approximate surface area is 59.6 Å². The number of hydrogen-bond acceptors (Lipinski definition) is 4. The second-order valence-corrected chi connectivity index (χ2v) is 2.73. The second-order valence-electron chi connectivity index (χ2n) is 2.73. The first-order chi connectivity index (χ1) is 4.61. The fraction of sp³-hybridized carbons (Fsp3) is 1.00. The first-order valence-electron chi connectivity index (χ1n) is 3.38. The summed E-state index contributed by atoms with van der Waals surface area (Å²) in [6, 6.07) is -0.362. The monoisotopic (exact) mass is 147 g/mol. The molecule has 4 N–H and O–H groups in total. The van der Waals surface area contributed by atoms with E-state index in [0.717, 1.165) is 0 Å². The molecule has 1 aliphatic rings. The number of hydrogen-bond donors (Lipinski definition) is 3. The summed E-state index contributed by atoms with van der Waals surface area (Å²) in [6.07, 6.45) is -1.51. The van der Waals surface area contributed by atoms with Crippen LogP contribution in [0.2, 0.25) is 0 Å². The Morgan fingerprint density at radius 1 is 1.50 bits per heavy atom. The van der Waals surface area contributed by atoms with Crippen molar-refractivity contribution >= 4 is 0 Å². The Kier molecular flexibility index (Phi) is 2.25. The lowest BCUT2D eigenvalue weighted by Crippen LogP contribution is -2.51. The Hall–Kier alpha value is -0.160. The molecule has 0 amide bonds. The van der Waals surface area contributed by atoms with Crippen LogP contribution < -0.4 is 5.73 Å². The quantitative estimate of drug-likeness (QED) is 0.402. The van der Waals surface area contributed by atoms with Gasteiger partial charge in [0.2, 0.25) is 0 Å². The van der Waals surface area contributed by atoms with Crippen LogP contribution in [0.3, 0.4) is 0 Å². The molecule has 4 nitrogen and oxygen atoms in total. The van der Waals surface area contributed by atoms with Gasteiger partial charge in [0.15, 0.2) is 6.29 Å². The highest BCUT2D eigenvalue weighted by Gasteiger charge is 2.32. The van der Waals surface area contributed by atoms with Crippen LogP contribution in [-0.2, 0) is 4.74 Å². The van der Waals surface area contributed by atoms with Crippen LogP contribution in [0.5, 0.6) is 0 Å². The van der Waals surface area contributed by atoms with E-state index in [1.807, 2.05) is 6.92 Å². The third-order valence-corrected chi connectivity index (χ3v) is 1.71. The smallest absolute Gasteiger partial charge is 0.182 e. The largest absolute Gasteiger partial charge is 0.386 e. The van der Waals surface area contributed by atoms with E-state index in [2.05, 4.69) is 0 Å². The molecule has 0 aromatic carbocycles. The molecule has 0 bridgehead atoms. The molecule has 0 spiro atoms. The number of nitrogens with two attached hydrogens (primary N) is 1. The van der Waals surface area contributed by atoms with Crippen molar-refractivity contribution in [2.45, 2.75) is 37.9 Å². The zero-order valence-electron chi connectivity index (χ0n) is 5.90. The highest BCUT2D eigenvalue weighted by molar-refractivity contribution is 4.81. The average Bonchev–Trinajstić information content (AvgIpc) is 1.82. The van der Waals surface area contributed by atoms with Gasteiger partial charge in [-0.15, -0.1) is 0 Å². The molecule has 1 heterocycles. The van der Waals surface area contributed by atoms with Crippen molar-refractivity contribution in [2.75, 3.05) is 0 Å². The number of rotatable bonds is 0. The van der Waals surface area contributed by atoms with Crippen LogP contribution in [0, 0.1) is 0 Å². The first kappa shape index (κ1) is 7.94. The molecule has 4 heteroatoms. The van der Waals surface area contributed by atoms with Crippen molar-refractivity contribution in [3.05, 3.63) is 0 Å². The van der Waals surface area contributed by atoms with Gasteiger partial charge in [-0.1, -0.05) is 0 Å². The van der Waals surface area contributed by atoms with Gasteiger partial charge in [-0.05, 0) is 13.3 Å². The van der Waals surface area contributed by atoms with Gasteiger partial charge >= 0.3 is 0 Å². The molecule has 2 unspecified atom stereocenters. The molecule has 1 saturated heterocycles. The lowest BCUT2D eigenvalue weighted by Gasteiger charge is -2.33. The molecule has 0 saturated carbocycles. The molecule has 60 valence electrons. The van der Waals surface area contributed by atoms with E-state index in [1.165, 1.54) is 0 Å². The molecule has 1 fully saturated rings. The molecule has 0 radical (unpaired) electrons. The van der Waals surface area contributed by atoms with Gasteiger partial charge in [0.25, 0.3) is 0 Å². The van der Waals surface area contributed by atoms with Gasteiger partial charge in [0, 0.05) is 6.04 Å². The summed E-state index contributed by atoms with van der Waals surface area (Å²) < 4.78 is 4.89. The minimum atomic E-state index is -1.11. The van der Waals surface area contributed by atoms with Crippen molar-refractivity contribution in [3.63, 3.8) is 0 Å². The molecule has 1 rings (SSSR count). The van der Waals surface area contributed by atoms with Crippen molar-refractivity contribution in [3.8, 4) is 0 Å². The summed E-state index contributed by atoms with van der Waals surface area (Å²) >= 11 is 0. The summed E-state index contributed by atoms with van der Waals surface area (Å²) in [5, 5.41) is 18.0. The normalized spacial score (nSPS) is 49.2. The summed E-state index contributed by atoms with van der Waals surface area (Å²) in [4.78, 5) is 0. The van der Waals surface area contributed by atoms with Crippen LogP contribution in [0.1, 0.15) is 13.3 Å². The summed E-state index contributed by atoms with van der Waals surface area (Å²) in [5.74, 6) is 0. The van der Waals surface area contributed by atoms with Gasteiger partial charge in [-0.25, -0.2) is 0 Å². The number of aliphatic hydroxyl groups excluding tert-OH is 2. The summed E-state index contributed by atoms with van der Waals surface area (Å²) in [6.45, 7) is 1.81. The van der Waals surface area contributed by atoms with Gasteiger partial charge in [0.1, 0.15) is 6.10 Å². The molecule has 10 heavy (non-hydrogen) atoms. The Morgan fingerprint density at radius 3 is 2.60 bits per heavy atom. The van der Waals surface area contributed by atoms with Crippen LogP contribution in [0.4, 0.5) is 0 Å². The number of ether oxygens (including phenoxy) is 1. The summed E-state index contributed by atoms with van der Waals surface area (Å²) in [7, 11) is 0. The highest BCUT2D eigenvalue weighted by atomic mass is 16.6. The SMILES string of the molecule is CC1C[C@H](N)C(O)[C@@H](O)O1. The average molecular weight is 147 g/mol. The first-order valence-corrected chi connectivity index (χ1v) is 3.38. The van der Waals surface area contributed by atoms with E-state index in [4.69, 9.17) is 20.7 Å². The van der Waals surface area contributed by atoms with E-state index in [-0.39, 0.29) is 12.1 Å². The predicted molar refractivity (Wildman–Crippen MR) is 35.2 cm³/mol. The Morgan fingerprint density at radius 2 is 2.10 bits per heavy atom. The minimum absolute atomic E-state index is 0.0617. The van der Waals surface area contributed by atoms with E-state index in [1.54, 1.807) is 0 Å². The highest BCUT2D eigenvalue weighted by Crippen LogP contribution is 2.16. The predicted octanol–water partition coefficient (Wildman–Crippen LogP) is -1.20. The van der Waals surface area contributed by atoms with Crippen molar-refractivity contribution < 1.29 is 14.9 Å². The van der Waals surface area contributed by atoms with Crippen molar-refractivity contribution in [1.82, 2.24) is 0 Å². The fourth-order valence-corrected chi connectivity index (χ4v) is 1.11. The zero-order chi connectivity index (χ0) is 7.72. The maximum atomic E-state index is 9.06. The lowest BCUT2D eigenvalue weighted by atomic mass is 10.0.